The normalized spacial score (nSPS) is 17.8. The number of likely N-dealkylation sites (N-methyl/N-ethyl adjacent to an activating group) is 1. The lowest BCUT2D eigenvalue weighted by atomic mass is 9.95. The van der Waals surface area contributed by atoms with Crippen LogP contribution in [0.15, 0.2) is 30.5 Å². The van der Waals surface area contributed by atoms with Crippen molar-refractivity contribution in [3.63, 3.8) is 0 Å². The Kier molecular flexibility index (Phi) is 3.14. The third kappa shape index (κ3) is 2.15. The maximum atomic E-state index is 12.0. The number of H-pyrrole nitrogens is 1. The van der Waals surface area contributed by atoms with Crippen molar-refractivity contribution in [1.82, 2.24) is 9.29 Å². The fourth-order valence-corrected chi connectivity index (χ4v) is 3.80. The smallest absolute Gasteiger partial charge is 0.213 e. The number of rotatable bonds is 5. The molecule has 5 heteroatoms. The van der Waals surface area contributed by atoms with Gasteiger partial charge in [-0.05, 0) is 31.4 Å². The molecule has 1 N–H and O–H groups in total. The molecule has 0 bridgehead atoms. The summed E-state index contributed by atoms with van der Waals surface area (Å²) in [5.74, 6) is 0.160. The first kappa shape index (κ1) is 13.6. The Balaban J connectivity index is 1.94. The van der Waals surface area contributed by atoms with Crippen LogP contribution in [0.25, 0.3) is 10.9 Å². The molecule has 0 aliphatic heterocycles. The van der Waals surface area contributed by atoms with Gasteiger partial charge in [-0.15, -0.1) is 0 Å². The second-order valence-corrected chi connectivity index (χ2v) is 8.05. The predicted molar refractivity (Wildman–Crippen MR) is 81.3 cm³/mol. The number of hydrogen-bond acceptors (Lipinski definition) is 2. The molecule has 1 saturated carbocycles. The van der Waals surface area contributed by atoms with Crippen molar-refractivity contribution in [3.8, 4) is 0 Å². The van der Waals surface area contributed by atoms with Gasteiger partial charge in [-0.1, -0.05) is 18.2 Å². The maximum Gasteiger partial charge on any atom is 0.213 e. The predicted octanol–water partition coefficient (Wildman–Crippen LogP) is 2.48. The van der Waals surface area contributed by atoms with E-state index in [1.165, 1.54) is 15.3 Å². The molecule has 0 atom stereocenters. The summed E-state index contributed by atoms with van der Waals surface area (Å²) in [6.45, 7) is 2.27. The van der Waals surface area contributed by atoms with Gasteiger partial charge in [0.25, 0.3) is 0 Å². The second-order valence-electron chi connectivity index (χ2n) is 5.68. The number of aromatic amines is 1. The van der Waals surface area contributed by atoms with Gasteiger partial charge >= 0.3 is 0 Å². The Morgan fingerprint density at radius 2 is 2.00 bits per heavy atom. The summed E-state index contributed by atoms with van der Waals surface area (Å²) in [5, 5.41) is 1.22. The minimum Gasteiger partial charge on any atom is -0.361 e. The van der Waals surface area contributed by atoms with Crippen LogP contribution in [-0.2, 0) is 15.4 Å². The van der Waals surface area contributed by atoms with E-state index in [2.05, 4.69) is 17.1 Å². The van der Waals surface area contributed by atoms with E-state index < -0.39 is 10.0 Å². The van der Waals surface area contributed by atoms with Gasteiger partial charge in [-0.25, -0.2) is 12.7 Å². The fourth-order valence-electron chi connectivity index (χ4n) is 2.92. The van der Waals surface area contributed by atoms with Crippen molar-refractivity contribution in [1.29, 1.82) is 0 Å². The largest absolute Gasteiger partial charge is 0.361 e. The zero-order chi connectivity index (χ0) is 14.4. The number of nitrogens with zero attached hydrogens (tertiary/aromatic N) is 1. The number of para-hydroxylation sites is 1. The van der Waals surface area contributed by atoms with Crippen molar-refractivity contribution in [3.05, 3.63) is 36.0 Å². The summed E-state index contributed by atoms with van der Waals surface area (Å²) in [5.41, 5.74) is 2.37. The zero-order valence-corrected chi connectivity index (χ0v) is 12.7. The zero-order valence-electron chi connectivity index (χ0n) is 11.9. The van der Waals surface area contributed by atoms with E-state index in [1.807, 2.05) is 18.3 Å². The summed E-state index contributed by atoms with van der Waals surface area (Å²) in [6.07, 6.45) is 4.15. The van der Waals surface area contributed by atoms with Crippen molar-refractivity contribution >= 4 is 20.9 Å². The number of sulfonamides is 1. The third-order valence-corrected chi connectivity index (χ3v) is 6.19. The van der Waals surface area contributed by atoms with Gasteiger partial charge in [0.15, 0.2) is 0 Å². The molecule has 0 saturated heterocycles. The molecule has 4 nitrogen and oxygen atoms in total. The molecule has 1 heterocycles. The second kappa shape index (κ2) is 4.60. The molecule has 0 unspecified atom stereocenters. The lowest BCUT2D eigenvalue weighted by Crippen LogP contribution is -2.35. The van der Waals surface area contributed by atoms with Crippen molar-refractivity contribution in [2.45, 2.75) is 25.2 Å². The number of benzene rings is 1. The molecule has 1 aromatic carbocycles. The SMILES string of the molecule is CCS(=O)(=O)N(C)CC1(c2c[nH]c3ccccc23)CC1. The van der Waals surface area contributed by atoms with Gasteiger partial charge in [0.1, 0.15) is 0 Å². The lowest BCUT2D eigenvalue weighted by molar-refractivity contribution is 0.429. The topological polar surface area (TPSA) is 53.2 Å². The van der Waals surface area contributed by atoms with E-state index in [1.54, 1.807) is 14.0 Å². The minimum atomic E-state index is -3.11. The molecular formula is C15H20N2O2S. The number of aromatic nitrogens is 1. The third-order valence-electron chi connectivity index (χ3n) is 4.38. The van der Waals surface area contributed by atoms with Gasteiger partial charge in [0.05, 0.1) is 5.75 Å². The summed E-state index contributed by atoms with van der Waals surface area (Å²) < 4.78 is 25.4. The molecule has 3 rings (SSSR count). The average Bonchev–Trinajstić information content (AvgIpc) is 3.08. The number of hydrogen-bond donors (Lipinski definition) is 1. The van der Waals surface area contributed by atoms with E-state index in [-0.39, 0.29) is 11.2 Å². The minimum absolute atomic E-state index is 0.00338. The molecule has 20 heavy (non-hydrogen) atoms. The quantitative estimate of drug-likeness (QED) is 0.920. The molecule has 1 aliphatic carbocycles. The van der Waals surface area contributed by atoms with Crippen LogP contribution in [0.4, 0.5) is 0 Å². The van der Waals surface area contributed by atoms with E-state index in [0.717, 1.165) is 18.4 Å². The average molecular weight is 292 g/mol. The molecule has 2 aromatic rings. The summed E-state index contributed by atoms with van der Waals surface area (Å²) in [4.78, 5) is 3.29. The van der Waals surface area contributed by atoms with Gasteiger partial charge in [-0.2, -0.15) is 0 Å². The summed E-state index contributed by atoms with van der Waals surface area (Å²) in [6, 6.07) is 8.20. The summed E-state index contributed by atoms with van der Waals surface area (Å²) >= 11 is 0. The van der Waals surface area contributed by atoms with Crippen LogP contribution in [0, 0.1) is 0 Å². The molecule has 0 spiro atoms. The Morgan fingerprint density at radius 1 is 1.30 bits per heavy atom. The number of nitrogens with one attached hydrogen (secondary N) is 1. The Morgan fingerprint density at radius 3 is 2.65 bits per heavy atom. The standard InChI is InChI=1S/C15H20N2O2S/c1-3-20(18,19)17(2)11-15(8-9-15)13-10-16-14-7-5-4-6-12(13)14/h4-7,10,16H,3,8-9,11H2,1-2H3. The maximum absolute atomic E-state index is 12.0. The van der Waals surface area contributed by atoms with E-state index in [0.29, 0.717) is 6.54 Å². The van der Waals surface area contributed by atoms with Gasteiger partial charge in [0, 0.05) is 36.1 Å². The van der Waals surface area contributed by atoms with Crippen molar-refractivity contribution in [2.24, 2.45) is 0 Å². The van der Waals surface area contributed by atoms with E-state index in [4.69, 9.17) is 0 Å². The first-order valence-corrected chi connectivity index (χ1v) is 8.60. The van der Waals surface area contributed by atoms with Crippen molar-refractivity contribution in [2.75, 3.05) is 19.3 Å². The molecule has 108 valence electrons. The highest BCUT2D eigenvalue weighted by Gasteiger charge is 2.47. The first-order chi connectivity index (χ1) is 9.48. The van der Waals surface area contributed by atoms with Crippen LogP contribution in [0.1, 0.15) is 25.3 Å². The van der Waals surface area contributed by atoms with Crippen LogP contribution < -0.4 is 0 Å². The number of fused-ring (bicyclic) bond motifs is 1. The van der Waals surface area contributed by atoms with Gasteiger partial charge in [-0.3, -0.25) is 0 Å². The molecule has 0 radical (unpaired) electrons. The summed E-state index contributed by atoms with van der Waals surface area (Å²) in [7, 11) is -1.42. The molecule has 1 aromatic heterocycles. The van der Waals surface area contributed by atoms with Crippen LogP contribution >= 0.6 is 0 Å². The van der Waals surface area contributed by atoms with Crippen LogP contribution in [0.2, 0.25) is 0 Å². The van der Waals surface area contributed by atoms with Crippen LogP contribution in [-0.4, -0.2) is 37.1 Å². The Labute approximate surface area is 119 Å². The molecule has 0 amide bonds. The molecule has 1 aliphatic rings. The van der Waals surface area contributed by atoms with Gasteiger partial charge < -0.3 is 4.98 Å². The molecule has 1 fully saturated rings. The highest BCUT2D eigenvalue weighted by molar-refractivity contribution is 7.89. The highest BCUT2D eigenvalue weighted by Crippen LogP contribution is 2.51. The van der Waals surface area contributed by atoms with Crippen LogP contribution in [0.5, 0.6) is 0 Å². The Bertz CT molecular complexity index is 729. The van der Waals surface area contributed by atoms with Crippen LogP contribution in [0.3, 0.4) is 0 Å². The highest BCUT2D eigenvalue weighted by atomic mass is 32.2. The Hall–Kier alpha value is -1.33. The monoisotopic (exact) mass is 292 g/mol. The first-order valence-electron chi connectivity index (χ1n) is 6.99. The fraction of sp³-hybridized carbons (Fsp3) is 0.467. The van der Waals surface area contributed by atoms with Crippen molar-refractivity contribution < 1.29 is 8.42 Å². The molecular weight excluding hydrogens is 272 g/mol. The lowest BCUT2D eigenvalue weighted by Gasteiger charge is -2.23. The van der Waals surface area contributed by atoms with E-state index >= 15 is 0 Å². The van der Waals surface area contributed by atoms with Gasteiger partial charge in [0.2, 0.25) is 10.0 Å². The van der Waals surface area contributed by atoms with E-state index in [9.17, 15) is 8.42 Å².